The van der Waals surface area contributed by atoms with Crippen LogP contribution in [-0.2, 0) is 12.0 Å². The summed E-state index contributed by atoms with van der Waals surface area (Å²) in [5.74, 6) is 0.115. The van der Waals surface area contributed by atoms with Crippen molar-refractivity contribution < 1.29 is 13.2 Å². The molecule has 0 fully saturated rings. The lowest BCUT2D eigenvalue weighted by atomic mass is 9.79. The molecule has 0 bridgehead atoms. The van der Waals surface area contributed by atoms with Crippen molar-refractivity contribution in [1.29, 1.82) is 5.26 Å². The van der Waals surface area contributed by atoms with Gasteiger partial charge in [-0.1, -0.05) is 46.3 Å². The lowest BCUT2D eigenvalue weighted by Crippen LogP contribution is -2.46. The second-order valence-electron chi connectivity index (χ2n) is 6.98. The van der Waals surface area contributed by atoms with Gasteiger partial charge in [0.2, 0.25) is 0 Å². The van der Waals surface area contributed by atoms with Crippen molar-refractivity contribution >= 4 is 27.5 Å². The van der Waals surface area contributed by atoms with Crippen LogP contribution in [0.15, 0.2) is 82.3 Å². The number of hydrogen-bond acceptors (Lipinski definition) is 3. The molecule has 3 aromatic rings. The summed E-state index contributed by atoms with van der Waals surface area (Å²) >= 11 is 3.27. The largest absolute Gasteiger partial charge is 0.418 e. The van der Waals surface area contributed by atoms with E-state index in [-0.39, 0.29) is 11.4 Å². The molecule has 0 aliphatic carbocycles. The first kappa shape index (κ1) is 20.2. The molecule has 150 valence electrons. The van der Waals surface area contributed by atoms with Crippen molar-refractivity contribution in [3.63, 3.8) is 0 Å². The van der Waals surface area contributed by atoms with Crippen LogP contribution >= 0.6 is 15.9 Å². The highest BCUT2D eigenvalue weighted by atomic mass is 79.9. The maximum atomic E-state index is 14.6. The number of aliphatic imine (C=N–C) groups is 1. The molecule has 1 atom stereocenters. The van der Waals surface area contributed by atoms with Gasteiger partial charge < -0.3 is 5.32 Å². The topological polar surface area (TPSA) is 48.2 Å². The van der Waals surface area contributed by atoms with Crippen molar-refractivity contribution in [3.05, 3.63) is 99.5 Å². The summed E-state index contributed by atoms with van der Waals surface area (Å²) in [4.78, 5) is 4.26. The average molecular weight is 470 g/mol. The van der Waals surface area contributed by atoms with Gasteiger partial charge in [0, 0.05) is 22.1 Å². The Morgan fingerprint density at radius 3 is 2.43 bits per heavy atom. The first-order valence-electron chi connectivity index (χ1n) is 9.10. The molecule has 7 heteroatoms. The van der Waals surface area contributed by atoms with Gasteiger partial charge in [-0.3, -0.25) is 0 Å². The smallest absolute Gasteiger partial charge is 0.340 e. The summed E-state index contributed by atoms with van der Waals surface area (Å²) in [5.41, 5.74) is -0.550. The minimum Gasteiger partial charge on any atom is -0.340 e. The van der Waals surface area contributed by atoms with Gasteiger partial charge in [-0.05, 0) is 53.6 Å². The highest BCUT2D eigenvalue weighted by Crippen LogP contribution is 2.48. The van der Waals surface area contributed by atoms with Gasteiger partial charge in [-0.25, -0.2) is 4.99 Å². The number of fused-ring (bicyclic) bond motifs is 1. The summed E-state index contributed by atoms with van der Waals surface area (Å²) in [5, 5.41) is 12.3. The summed E-state index contributed by atoms with van der Waals surface area (Å²) in [6.45, 7) is 0. The van der Waals surface area contributed by atoms with Crippen LogP contribution in [0.25, 0.3) is 0 Å². The monoisotopic (exact) mass is 469 g/mol. The Labute approximate surface area is 180 Å². The van der Waals surface area contributed by atoms with Crippen molar-refractivity contribution in [3.8, 4) is 6.07 Å². The van der Waals surface area contributed by atoms with Crippen molar-refractivity contribution in [2.45, 2.75) is 18.1 Å². The molecule has 1 heterocycles. The number of halogens is 4. The molecule has 0 spiro atoms. The van der Waals surface area contributed by atoms with Gasteiger partial charge in [0.05, 0.1) is 11.6 Å². The van der Waals surface area contributed by atoms with Gasteiger partial charge in [0.15, 0.2) is 5.54 Å². The van der Waals surface area contributed by atoms with Crippen LogP contribution in [0.5, 0.6) is 0 Å². The number of nitrogens with one attached hydrogen (secondary N) is 1. The van der Waals surface area contributed by atoms with Crippen LogP contribution in [-0.4, -0.2) is 12.0 Å². The standard InChI is InChI=1S/C23H15BrF3N3/c24-18-6-4-5-17(12-18)22(23(25,26)27)13-16-11-15(14-28)9-10-20(16)21(30-22)29-19-7-2-1-3-8-19/h1-12H,13H2,(H,29,30). The fraction of sp³-hybridized carbons (Fsp3) is 0.130. The van der Waals surface area contributed by atoms with Gasteiger partial charge in [0.1, 0.15) is 5.84 Å². The fourth-order valence-corrected chi connectivity index (χ4v) is 4.00. The molecule has 0 aromatic heterocycles. The third-order valence-corrected chi connectivity index (χ3v) is 5.54. The van der Waals surface area contributed by atoms with Crippen LogP contribution in [0, 0.1) is 11.3 Å². The first-order chi connectivity index (χ1) is 14.3. The highest BCUT2D eigenvalue weighted by Gasteiger charge is 2.58. The minimum atomic E-state index is -4.66. The summed E-state index contributed by atoms with van der Waals surface area (Å²) in [6.07, 6.45) is -5.05. The molecule has 4 rings (SSSR count). The predicted octanol–water partition coefficient (Wildman–Crippen LogP) is 6.19. The number of nitriles is 1. The Morgan fingerprint density at radius 2 is 1.77 bits per heavy atom. The Bertz CT molecular complexity index is 1170. The van der Waals surface area contributed by atoms with E-state index >= 15 is 0 Å². The Kier molecular flexibility index (Phi) is 5.12. The zero-order chi connectivity index (χ0) is 21.4. The molecule has 0 saturated heterocycles. The summed E-state index contributed by atoms with van der Waals surface area (Å²) < 4.78 is 44.3. The Morgan fingerprint density at radius 1 is 1.00 bits per heavy atom. The van der Waals surface area contributed by atoms with E-state index in [1.165, 1.54) is 18.2 Å². The maximum Gasteiger partial charge on any atom is 0.418 e. The van der Waals surface area contributed by atoms with Gasteiger partial charge >= 0.3 is 6.18 Å². The van der Waals surface area contributed by atoms with Crippen molar-refractivity contribution in [2.75, 3.05) is 5.32 Å². The minimum absolute atomic E-state index is 0.0322. The van der Waals surface area contributed by atoms with Crippen LogP contribution in [0.3, 0.4) is 0 Å². The zero-order valence-electron chi connectivity index (χ0n) is 15.5. The van der Waals surface area contributed by atoms with E-state index in [0.717, 1.165) is 0 Å². The molecule has 1 aliphatic heterocycles. The Balaban J connectivity index is 1.96. The van der Waals surface area contributed by atoms with E-state index in [1.54, 1.807) is 48.5 Å². The quantitative estimate of drug-likeness (QED) is 0.486. The number of hydrogen-bond donors (Lipinski definition) is 1. The van der Waals surface area contributed by atoms with Crippen LogP contribution in [0.1, 0.15) is 22.3 Å². The number of nitrogens with zero attached hydrogens (tertiary/aromatic N) is 2. The second kappa shape index (κ2) is 7.62. The molecule has 0 saturated carbocycles. The molecule has 3 nitrogen and oxygen atoms in total. The number of rotatable bonds is 2. The third-order valence-electron chi connectivity index (χ3n) is 5.05. The van der Waals surface area contributed by atoms with Crippen LogP contribution in [0.4, 0.5) is 18.9 Å². The number of anilines is 1. The summed E-state index contributed by atoms with van der Waals surface area (Å²) in [7, 11) is 0. The van der Waals surface area contributed by atoms with E-state index in [0.29, 0.717) is 26.9 Å². The van der Waals surface area contributed by atoms with E-state index in [2.05, 4.69) is 26.2 Å². The first-order valence-corrected chi connectivity index (χ1v) is 9.90. The molecular formula is C23H15BrF3N3. The molecule has 1 N–H and O–H groups in total. The van der Waals surface area contributed by atoms with Crippen molar-refractivity contribution in [2.24, 2.45) is 4.99 Å². The number of para-hydroxylation sites is 1. The maximum absolute atomic E-state index is 14.6. The molecule has 3 aromatic carbocycles. The molecule has 0 amide bonds. The summed E-state index contributed by atoms with van der Waals surface area (Å²) in [6, 6.07) is 21.8. The van der Waals surface area contributed by atoms with E-state index in [4.69, 9.17) is 0 Å². The predicted molar refractivity (Wildman–Crippen MR) is 113 cm³/mol. The normalized spacial score (nSPS) is 18.2. The number of alkyl halides is 3. The number of benzene rings is 3. The lowest BCUT2D eigenvalue weighted by Gasteiger charge is -2.37. The van der Waals surface area contributed by atoms with Crippen LogP contribution < -0.4 is 5.32 Å². The van der Waals surface area contributed by atoms with E-state index in [9.17, 15) is 18.4 Å². The SMILES string of the molecule is N#Cc1ccc2c(c1)CC(c1cccc(Br)c1)(C(F)(F)F)N=C2Nc1ccccc1. The Hall–Kier alpha value is -3.11. The highest BCUT2D eigenvalue weighted by molar-refractivity contribution is 9.10. The zero-order valence-corrected chi connectivity index (χ0v) is 17.1. The third kappa shape index (κ3) is 3.59. The molecular weight excluding hydrogens is 455 g/mol. The van der Waals surface area contributed by atoms with E-state index < -0.39 is 18.1 Å². The average Bonchev–Trinajstić information content (AvgIpc) is 2.73. The molecule has 1 unspecified atom stereocenters. The molecule has 0 radical (unpaired) electrons. The van der Waals surface area contributed by atoms with Crippen molar-refractivity contribution in [1.82, 2.24) is 0 Å². The molecule has 30 heavy (non-hydrogen) atoms. The van der Waals surface area contributed by atoms with Gasteiger partial charge in [0.25, 0.3) is 0 Å². The lowest BCUT2D eigenvalue weighted by molar-refractivity contribution is -0.188. The fourth-order valence-electron chi connectivity index (χ4n) is 3.60. The van der Waals surface area contributed by atoms with Crippen LogP contribution in [0.2, 0.25) is 0 Å². The van der Waals surface area contributed by atoms with Gasteiger partial charge in [-0.2, -0.15) is 18.4 Å². The number of amidine groups is 1. The van der Waals surface area contributed by atoms with E-state index in [1.807, 2.05) is 12.1 Å². The molecule has 1 aliphatic rings. The second-order valence-corrected chi connectivity index (χ2v) is 7.90. The van der Waals surface area contributed by atoms with Gasteiger partial charge in [-0.15, -0.1) is 0 Å².